The van der Waals surface area contributed by atoms with E-state index in [-0.39, 0.29) is 11.3 Å². The minimum absolute atomic E-state index is 0.201. The van der Waals surface area contributed by atoms with Gasteiger partial charge in [-0.3, -0.25) is 4.79 Å². The highest BCUT2D eigenvalue weighted by Crippen LogP contribution is 2.22. The van der Waals surface area contributed by atoms with E-state index >= 15 is 0 Å². The highest BCUT2D eigenvalue weighted by molar-refractivity contribution is 7.89. The SMILES string of the molecule is Cc1cc(C)c(S(=O)(=O)N[C@@H](Cc2ccccc2)C(N)=O)c(C)c1. The van der Waals surface area contributed by atoms with Crippen molar-refractivity contribution in [3.8, 4) is 0 Å². The molecule has 0 aliphatic heterocycles. The Balaban J connectivity index is 2.33. The van der Waals surface area contributed by atoms with Crippen LogP contribution >= 0.6 is 0 Å². The van der Waals surface area contributed by atoms with Crippen molar-refractivity contribution in [2.75, 3.05) is 0 Å². The van der Waals surface area contributed by atoms with Crippen molar-refractivity contribution < 1.29 is 13.2 Å². The van der Waals surface area contributed by atoms with Crippen molar-refractivity contribution in [2.45, 2.75) is 38.1 Å². The Kier molecular flexibility index (Phi) is 5.41. The number of rotatable bonds is 6. The summed E-state index contributed by atoms with van der Waals surface area (Å²) in [5.41, 5.74) is 8.51. The van der Waals surface area contributed by atoms with Crippen molar-refractivity contribution >= 4 is 15.9 Å². The first-order valence-electron chi connectivity index (χ1n) is 7.64. The summed E-state index contributed by atoms with van der Waals surface area (Å²) in [7, 11) is -3.85. The summed E-state index contributed by atoms with van der Waals surface area (Å²) in [6.45, 7) is 5.39. The quantitative estimate of drug-likeness (QED) is 0.838. The molecule has 5 nitrogen and oxygen atoms in total. The van der Waals surface area contributed by atoms with Gasteiger partial charge in [-0.25, -0.2) is 8.42 Å². The summed E-state index contributed by atoms with van der Waals surface area (Å²) < 4.78 is 28.0. The number of amides is 1. The van der Waals surface area contributed by atoms with E-state index in [4.69, 9.17) is 5.73 Å². The summed E-state index contributed by atoms with van der Waals surface area (Å²) in [5.74, 6) is -0.704. The van der Waals surface area contributed by atoms with Crippen LogP contribution in [0.15, 0.2) is 47.4 Å². The molecular weight excluding hydrogens is 324 g/mol. The number of benzene rings is 2. The summed E-state index contributed by atoms with van der Waals surface area (Å²) in [4.78, 5) is 11.9. The second-order valence-corrected chi connectivity index (χ2v) is 7.64. The molecule has 0 fully saturated rings. The second kappa shape index (κ2) is 7.15. The second-order valence-electron chi connectivity index (χ2n) is 5.99. The number of carbonyl (C=O) groups is 1. The number of hydrogen-bond donors (Lipinski definition) is 2. The Labute approximate surface area is 142 Å². The summed E-state index contributed by atoms with van der Waals surface area (Å²) in [5, 5.41) is 0. The van der Waals surface area contributed by atoms with Crippen LogP contribution in [0.3, 0.4) is 0 Å². The molecule has 0 saturated carbocycles. The molecule has 0 radical (unpaired) electrons. The van der Waals surface area contributed by atoms with Crippen molar-refractivity contribution in [3.63, 3.8) is 0 Å². The molecule has 1 amide bonds. The zero-order valence-corrected chi connectivity index (χ0v) is 14.9. The first-order valence-corrected chi connectivity index (χ1v) is 9.12. The molecule has 0 aliphatic rings. The smallest absolute Gasteiger partial charge is 0.241 e. The predicted octanol–water partition coefficient (Wildman–Crippen LogP) is 1.99. The number of primary amides is 1. The number of nitrogens with one attached hydrogen (secondary N) is 1. The first kappa shape index (κ1) is 18.2. The molecule has 2 aromatic rings. The molecular formula is C18H22N2O3S. The molecule has 3 N–H and O–H groups in total. The van der Waals surface area contributed by atoms with Crippen molar-refractivity contribution in [2.24, 2.45) is 5.73 Å². The van der Waals surface area contributed by atoms with E-state index in [0.29, 0.717) is 11.1 Å². The lowest BCUT2D eigenvalue weighted by Crippen LogP contribution is -2.46. The molecule has 0 spiro atoms. The van der Waals surface area contributed by atoms with Gasteiger partial charge in [-0.1, -0.05) is 48.0 Å². The molecule has 2 aromatic carbocycles. The van der Waals surface area contributed by atoms with Gasteiger partial charge in [0.25, 0.3) is 0 Å². The van der Waals surface area contributed by atoms with E-state index in [9.17, 15) is 13.2 Å². The predicted molar refractivity (Wildman–Crippen MR) is 94.1 cm³/mol. The number of aryl methyl sites for hydroxylation is 3. The maximum absolute atomic E-state index is 12.8. The number of sulfonamides is 1. The van der Waals surface area contributed by atoms with Gasteiger partial charge >= 0.3 is 0 Å². The summed E-state index contributed by atoms with van der Waals surface area (Å²) in [6.07, 6.45) is 0.208. The zero-order chi connectivity index (χ0) is 17.9. The van der Waals surface area contributed by atoms with Crippen LogP contribution in [0.2, 0.25) is 0 Å². The van der Waals surface area contributed by atoms with Crippen LogP contribution < -0.4 is 10.5 Å². The minimum atomic E-state index is -3.85. The fourth-order valence-electron chi connectivity index (χ4n) is 2.89. The Morgan fingerprint density at radius 2 is 1.62 bits per heavy atom. The first-order chi connectivity index (χ1) is 11.2. The van der Waals surface area contributed by atoms with Crippen LogP contribution in [-0.4, -0.2) is 20.4 Å². The van der Waals surface area contributed by atoms with Gasteiger partial charge in [0, 0.05) is 0 Å². The van der Waals surface area contributed by atoms with Crippen LogP contribution in [0, 0.1) is 20.8 Å². The number of nitrogens with two attached hydrogens (primary N) is 1. The van der Waals surface area contributed by atoms with Crippen LogP contribution in [0.4, 0.5) is 0 Å². The molecule has 0 bridgehead atoms. The van der Waals surface area contributed by atoms with Gasteiger partial charge in [-0.15, -0.1) is 0 Å². The molecule has 0 saturated heterocycles. The minimum Gasteiger partial charge on any atom is -0.368 e. The van der Waals surface area contributed by atoms with Crippen LogP contribution in [0.25, 0.3) is 0 Å². The lowest BCUT2D eigenvalue weighted by atomic mass is 10.1. The third-order valence-corrected chi connectivity index (χ3v) is 5.57. The average molecular weight is 346 g/mol. The molecule has 2 rings (SSSR count). The maximum atomic E-state index is 12.8. The molecule has 0 unspecified atom stereocenters. The normalized spacial score (nSPS) is 12.8. The highest BCUT2D eigenvalue weighted by Gasteiger charge is 2.26. The molecule has 128 valence electrons. The van der Waals surface area contributed by atoms with Crippen molar-refractivity contribution in [1.82, 2.24) is 4.72 Å². The molecule has 1 atom stereocenters. The Morgan fingerprint density at radius 3 is 2.12 bits per heavy atom. The lowest BCUT2D eigenvalue weighted by molar-refractivity contribution is -0.119. The van der Waals surface area contributed by atoms with E-state index in [0.717, 1.165) is 11.1 Å². The highest BCUT2D eigenvalue weighted by atomic mass is 32.2. The standard InChI is InChI=1S/C18H22N2O3S/c1-12-9-13(2)17(14(3)10-12)24(22,23)20-16(18(19)21)11-15-7-5-4-6-8-15/h4-10,16,20H,11H2,1-3H3,(H2,19,21)/t16-/m0/s1. The third kappa shape index (κ3) is 4.21. The Morgan fingerprint density at radius 1 is 1.08 bits per heavy atom. The zero-order valence-electron chi connectivity index (χ0n) is 14.0. The van der Waals surface area contributed by atoms with E-state index in [1.165, 1.54) is 0 Å². The van der Waals surface area contributed by atoms with Crippen molar-refractivity contribution in [1.29, 1.82) is 0 Å². The number of hydrogen-bond acceptors (Lipinski definition) is 3. The lowest BCUT2D eigenvalue weighted by Gasteiger charge is -2.18. The third-order valence-electron chi connectivity index (χ3n) is 3.80. The Bertz CT molecular complexity index is 823. The summed E-state index contributed by atoms with van der Waals surface area (Å²) in [6, 6.07) is 11.8. The molecule has 0 aliphatic carbocycles. The van der Waals surface area contributed by atoms with Gasteiger partial charge in [0.05, 0.1) is 4.90 Å². The maximum Gasteiger partial charge on any atom is 0.241 e. The van der Waals surface area contributed by atoms with Gasteiger partial charge in [0.2, 0.25) is 15.9 Å². The van der Waals surface area contributed by atoms with Gasteiger partial charge in [0.1, 0.15) is 6.04 Å². The number of carbonyl (C=O) groups excluding carboxylic acids is 1. The van der Waals surface area contributed by atoms with Crippen molar-refractivity contribution in [3.05, 3.63) is 64.7 Å². The van der Waals surface area contributed by atoms with E-state index in [2.05, 4.69) is 4.72 Å². The molecule has 6 heteroatoms. The van der Waals surface area contributed by atoms with Gasteiger partial charge in [-0.05, 0) is 43.9 Å². The van der Waals surface area contributed by atoms with E-state index < -0.39 is 22.0 Å². The van der Waals surface area contributed by atoms with Gasteiger partial charge in [0.15, 0.2) is 0 Å². The fourth-order valence-corrected chi connectivity index (χ4v) is 4.54. The molecule has 24 heavy (non-hydrogen) atoms. The van der Waals surface area contributed by atoms with Gasteiger partial charge < -0.3 is 5.73 Å². The largest absolute Gasteiger partial charge is 0.368 e. The van der Waals surface area contributed by atoms with Crippen LogP contribution in [0.5, 0.6) is 0 Å². The average Bonchev–Trinajstić information content (AvgIpc) is 2.45. The van der Waals surface area contributed by atoms with Gasteiger partial charge in [-0.2, -0.15) is 4.72 Å². The fraction of sp³-hybridized carbons (Fsp3) is 0.278. The monoisotopic (exact) mass is 346 g/mol. The molecule has 0 heterocycles. The van der Waals surface area contributed by atoms with Crippen LogP contribution in [0.1, 0.15) is 22.3 Å². The van der Waals surface area contributed by atoms with E-state index in [1.54, 1.807) is 26.0 Å². The van der Waals surface area contributed by atoms with E-state index in [1.807, 2.05) is 37.3 Å². The van der Waals surface area contributed by atoms with Crippen LogP contribution in [-0.2, 0) is 21.2 Å². The molecule has 0 aromatic heterocycles. The topological polar surface area (TPSA) is 89.3 Å². The summed E-state index contributed by atoms with van der Waals surface area (Å²) >= 11 is 0. The Hall–Kier alpha value is -2.18.